The van der Waals surface area contributed by atoms with E-state index in [1.165, 1.54) is 0 Å². The third kappa shape index (κ3) is 11.1. The van der Waals surface area contributed by atoms with Gasteiger partial charge in [0.1, 0.15) is 23.0 Å². The molecule has 4 N–H and O–H groups in total. The fourth-order valence-corrected chi connectivity index (χ4v) is 4.17. The lowest BCUT2D eigenvalue weighted by Gasteiger charge is -2.11. The summed E-state index contributed by atoms with van der Waals surface area (Å²) in [5, 5.41) is 39.6. The van der Waals surface area contributed by atoms with Gasteiger partial charge >= 0.3 is 0 Å². The third-order valence-corrected chi connectivity index (χ3v) is 6.27. The van der Waals surface area contributed by atoms with Gasteiger partial charge in [-0.15, -0.1) is 0 Å². The van der Waals surface area contributed by atoms with Crippen LogP contribution in [0.3, 0.4) is 0 Å². The van der Waals surface area contributed by atoms with Gasteiger partial charge in [-0.2, -0.15) is 0 Å². The first-order valence-electron chi connectivity index (χ1n) is 14.2. The number of aliphatic hydroxyl groups is 1. The SMILES string of the molecule is C=C(O)/C=C(/C)C(OC)=C(C)C.CC.CC.COc1c(C)cc(O)c(C)c1C.Cc1c(O)c(O)c(C)c2ccccc12. The van der Waals surface area contributed by atoms with Crippen LogP contribution in [0.5, 0.6) is 23.0 Å². The highest BCUT2D eigenvalue weighted by Gasteiger charge is 2.12. The lowest BCUT2D eigenvalue weighted by atomic mass is 9.99. The van der Waals surface area contributed by atoms with Gasteiger partial charge in [-0.25, -0.2) is 0 Å². The highest BCUT2D eigenvalue weighted by Crippen LogP contribution is 2.38. The molecule has 0 saturated carbocycles. The summed E-state index contributed by atoms with van der Waals surface area (Å²) in [6.07, 6.45) is 1.58. The number of phenols is 3. The zero-order valence-corrected chi connectivity index (χ0v) is 28.3. The minimum atomic E-state index is -0.0128. The Kier molecular flexibility index (Phi) is 19.0. The minimum Gasteiger partial charge on any atom is -0.509 e. The number of rotatable bonds is 4. The van der Waals surface area contributed by atoms with Crippen molar-refractivity contribution < 1.29 is 29.9 Å². The van der Waals surface area contributed by atoms with E-state index in [-0.39, 0.29) is 17.3 Å². The summed E-state index contributed by atoms with van der Waals surface area (Å²) in [6, 6.07) is 9.45. The van der Waals surface area contributed by atoms with Gasteiger partial charge in [-0.3, -0.25) is 0 Å². The van der Waals surface area contributed by atoms with Crippen LogP contribution in [-0.4, -0.2) is 34.6 Å². The molecule has 0 amide bonds. The lowest BCUT2D eigenvalue weighted by molar-refractivity contribution is 0.295. The number of phenolic OH excluding ortho intramolecular Hbond substituents is 3. The number of aliphatic hydroxyl groups excluding tert-OH is 1. The number of aromatic hydroxyl groups is 3. The maximum Gasteiger partial charge on any atom is 0.161 e. The number of hydrogen-bond acceptors (Lipinski definition) is 6. The molecular formula is C36H54O6. The molecule has 0 aromatic heterocycles. The molecule has 0 unspecified atom stereocenters. The van der Waals surface area contributed by atoms with Gasteiger partial charge in [0.2, 0.25) is 0 Å². The van der Waals surface area contributed by atoms with Gasteiger partial charge in [-0.1, -0.05) is 58.5 Å². The average Bonchev–Trinajstić information content (AvgIpc) is 2.96. The quantitative estimate of drug-likeness (QED) is 0.139. The van der Waals surface area contributed by atoms with Gasteiger partial charge in [0, 0.05) is 11.1 Å². The Bertz CT molecular complexity index is 1310. The van der Waals surface area contributed by atoms with E-state index in [0.29, 0.717) is 5.75 Å². The number of benzene rings is 3. The molecule has 3 rings (SSSR count). The van der Waals surface area contributed by atoms with Crippen LogP contribution >= 0.6 is 0 Å². The van der Waals surface area contributed by atoms with Crippen LogP contribution in [-0.2, 0) is 4.74 Å². The van der Waals surface area contributed by atoms with Gasteiger partial charge < -0.3 is 29.9 Å². The monoisotopic (exact) mass is 582 g/mol. The Morgan fingerprint density at radius 2 is 1.17 bits per heavy atom. The first-order chi connectivity index (χ1) is 19.7. The molecule has 6 heteroatoms. The third-order valence-electron chi connectivity index (χ3n) is 6.27. The maximum absolute atomic E-state index is 9.64. The van der Waals surface area contributed by atoms with E-state index in [0.717, 1.165) is 61.2 Å². The fraction of sp³-hybridized carbons (Fsp3) is 0.389. The molecule has 0 aliphatic heterocycles. The zero-order valence-electron chi connectivity index (χ0n) is 28.3. The van der Waals surface area contributed by atoms with Crippen LogP contribution in [0.4, 0.5) is 0 Å². The Morgan fingerprint density at radius 3 is 1.50 bits per heavy atom. The predicted octanol–water partition coefficient (Wildman–Crippen LogP) is 10.2. The average molecular weight is 583 g/mol. The summed E-state index contributed by atoms with van der Waals surface area (Å²) in [6.45, 7) is 26.5. The molecule has 0 bridgehead atoms. The van der Waals surface area contributed by atoms with E-state index in [4.69, 9.17) is 14.6 Å². The second-order valence-corrected chi connectivity index (χ2v) is 9.34. The number of methoxy groups -OCH3 is 2. The van der Waals surface area contributed by atoms with Crippen LogP contribution in [0.15, 0.2) is 65.7 Å². The molecule has 0 saturated heterocycles. The van der Waals surface area contributed by atoms with Crippen LogP contribution in [0.1, 0.15) is 76.3 Å². The van der Waals surface area contributed by atoms with Crippen molar-refractivity contribution in [1.82, 2.24) is 0 Å². The Labute approximate surface area is 254 Å². The van der Waals surface area contributed by atoms with E-state index < -0.39 is 0 Å². The van der Waals surface area contributed by atoms with E-state index in [9.17, 15) is 15.3 Å². The van der Waals surface area contributed by atoms with E-state index in [1.807, 2.05) is 93.5 Å². The highest BCUT2D eigenvalue weighted by molar-refractivity contribution is 5.92. The van der Waals surface area contributed by atoms with Gasteiger partial charge in [0.15, 0.2) is 11.5 Å². The number of allylic oxidation sites excluding steroid dienone is 3. The lowest BCUT2D eigenvalue weighted by Crippen LogP contribution is -1.93. The molecule has 0 aliphatic carbocycles. The number of aryl methyl sites for hydroxylation is 3. The first-order valence-corrected chi connectivity index (χ1v) is 14.2. The van der Waals surface area contributed by atoms with E-state index in [2.05, 4.69) is 6.58 Å². The molecule has 6 nitrogen and oxygen atoms in total. The molecule has 0 heterocycles. The maximum atomic E-state index is 9.64. The molecule has 3 aromatic carbocycles. The molecule has 0 radical (unpaired) electrons. The van der Waals surface area contributed by atoms with Crippen LogP contribution in [0, 0.1) is 34.6 Å². The smallest absolute Gasteiger partial charge is 0.161 e. The fourth-order valence-electron chi connectivity index (χ4n) is 4.17. The van der Waals surface area contributed by atoms with Crippen molar-refractivity contribution in [1.29, 1.82) is 0 Å². The summed E-state index contributed by atoms with van der Waals surface area (Å²) in [4.78, 5) is 0. The Morgan fingerprint density at radius 1 is 0.738 bits per heavy atom. The molecule has 0 aliphatic rings. The summed E-state index contributed by atoms with van der Waals surface area (Å²) in [5.74, 6) is 2.02. The Balaban J connectivity index is 0. The molecule has 42 heavy (non-hydrogen) atoms. The second kappa shape index (κ2) is 19.9. The summed E-state index contributed by atoms with van der Waals surface area (Å²) in [7, 11) is 3.26. The normalized spacial score (nSPS) is 9.81. The van der Waals surface area contributed by atoms with Crippen LogP contribution in [0.2, 0.25) is 0 Å². The number of hydrogen-bond donors (Lipinski definition) is 4. The van der Waals surface area contributed by atoms with Crippen molar-refractivity contribution in [2.75, 3.05) is 14.2 Å². The number of ether oxygens (including phenoxy) is 2. The molecule has 0 spiro atoms. The van der Waals surface area contributed by atoms with Gasteiger partial charge in [0.05, 0.1) is 14.2 Å². The molecule has 3 aromatic rings. The largest absolute Gasteiger partial charge is 0.509 e. The van der Waals surface area contributed by atoms with Crippen molar-refractivity contribution in [3.8, 4) is 23.0 Å². The number of fused-ring (bicyclic) bond motifs is 1. The van der Waals surface area contributed by atoms with E-state index in [1.54, 1.807) is 40.2 Å². The van der Waals surface area contributed by atoms with Crippen molar-refractivity contribution >= 4 is 10.8 Å². The molecule has 234 valence electrons. The predicted molar refractivity (Wildman–Crippen MR) is 179 cm³/mol. The second-order valence-electron chi connectivity index (χ2n) is 9.34. The summed E-state index contributed by atoms with van der Waals surface area (Å²) in [5.41, 5.74) is 6.27. The van der Waals surface area contributed by atoms with Crippen molar-refractivity contribution in [2.24, 2.45) is 0 Å². The van der Waals surface area contributed by atoms with Gasteiger partial charge in [-0.05, 0) is 106 Å². The van der Waals surface area contributed by atoms with E-state index >= 15 is 0 Å². The van der Waals surface area contributed by atoms with Gasteiger partial charge in [0.25, 0.3) is 0 Å². The molecular weight excluding hydrogens is 528 g/mol. The van der Waals surface area contributed by atoms with Crippen molar-refractivity contribution in [3.05, 3.63) is 93.5 Å². The minimum absolute atomic E-state index is 0.0128. The van der Waals surface area contributed by atoms with Crippen molar-refractivity contribution in [3.63, 3.8) is 0 Å². The summed E-state index contributed by atoms with van der Waals surface area (Å²) < 4.78 is 10.3. The highest BCUT2D eigenvalue weighted by atomic mass is 16.5. The first kappa shape index (κ1) is 40.1. The standard InChI is InChI=1S/C12H12O2.C10H14O2.C10H16O2.2C2H6/c1-7-9-5-3-4-6-10(9)8(2)12(14)11(7)13;1-6-5-9(11)7(2)8(3)10(6)12-4;1-7(2)10(12-5)8(3)6-9(4)11;2*1-2/h3-6,13-14H,1-2H3;5,11H,1-4H3;6,11H,4H2,1-3,5H3;2*1-2H3/b;;8-6-;;. The molecule has 0 fully saturated rings. The molecule has 0 atom stereocenters. The topological polar surface area (TPSA) is 99.4 Å². The Hall–Kier alpha value is -4.06. The van der Waals surface area contributed by atoms with Crippen LogP contribution in [0.25, 0.3) is 10.8 Å². The summed E-state index contributed by atoms with van der Waals surface area (Å²) >= 11 is 0. The zero-order chi connectivity index (χ0) is 33.3. The van der Waals surface area contributed by atoms with Crippen LogP contribution < -0.4 is 4.74 Å². The van der Waals surface area contributed by atoms with Crippen molar-refractivity contribution in [2.45, 2.75) is 83.1 Å².